The minimum absolute atomic E-state index is 0.00289. The van der Waals surface area contributed by atoms with Crippen LogP contribution in [-0.4, -0.2) is 44.3 Å². The van der Waals surface area contributed by atoms with E-state index in [0.717, 1.165) is 0 Å². The van der Waals surface area contributed by atoms with E-state index in [0.29, 0.717) is 29.9 Å². The molecule has 0 aliphatic carbocycles. The number of amides is 1. The quantitative estimate of drug-likeness (QED) is 0.465. The Hall–Kier alpha value is -1.47. The van der Waals surface area contributed by atoms with Crippen LogP contribution >= 0.6 is 12.2 Å². The highest BCUT2D eigenvalue weighted by molar-refractivity contribution is 7.85. The van der Waals surface area contributed by atoms with Gasteiger partial charge in [-0.3, -0.25) is 4.21 Å². The van der Waals surface area contributed by atoms with Crippen molar-refractivity contribution in [1.29, 1.82) is 0 Å². The number of ether oxygens (including phenoxy) is 1. The molecular formula is C16H18FN2O3S2+. The molecule has 2 heterocycles. The van der Waals surface area contributed by atoms with E-state index in [-0.39, 0.29) is 12.5 Å². The maximum Gasteiger partial charge on any atom is 0.558 e. The molecule has 0 spiro atoms. The zero-order valence-electron chi connectivity index (χ0n) is 13.0. The summed E-state index contributed by atoms with van der Waals surface area (Å²) in [4.78, 5) is 16.3. The van der Waals surface area contributed by atoms with Crippen molar-refractivity contribution >= 4 is 34.3 Å². The Bertz CT molecular complexity index is 686. The van der Waals surface area contributed by atoms with Gasteiger partial charge in [0, 0.05) is 43.0 Å². The van der Waals surface area contributed by atoms with Gasteiger partial charge in [0.05, 0.1) is 5.16 Å². The van der Waals surface area contributed by atoms with Crippen molar-refractivity contribution in [3.8, 4) is 0 Å². The maximum atomic E-state index is 16.0. The molecule has 0 bridgehead atoms. The SMILES string of the molecule is O=C1OC[C@@H](C2CCS(=O)CC2)[N@+]1(F)C(N=C=S)c1ccccc1. The first-order valence-electron chi connectivity index (χ1n) is 7.79. The monoisotopic (exact) mass is 369 g/mol. The van der Waals surface area contributed by atoms with Gasteiger partial charge in [0.15, 0.2) is 12.6 Å². The molecule has 2 fully saturated rings. The maximum absolute atomic E-state index is 16.0. The van der Waals surface area contributed by atoms with Crippen LogP contribution in [0.1, 0.15) is 24.6 Å². The number of isothiocyanates is 1. The van der Waals surface area contributed by atoms with Gasteiger partial charge in [-0.05, 0) is 25.1 Å². The van der Waals surface area contributed by atoms with E-state index in [1.165, 1.54) is 0 Å². The first kappa shape index (κ1) is 17.4. The highest BCUT2D eigenvalue weighted by Crippen LogP contribution is 2.43. The minimum Gasteiger partial charge on any atom is -0.411 e. The van der Waals surface area contributed by atoms with Crippen LogP contribution in [-0.2, 0) is 15.5 Å². The molecule has 5 nitrogen and oxygen atoms in total. The molecule has 2 aliphatic rings. The molecule has 1 aromatic rings. The van der Waals surface area contributed by atoms with Crippen molar-refractivity contribution in [1.82, 2.24) is 0 Å². The molecular weight excluding hydrogens is 351 g/mol. The summed E-state index contributed by atoms with van der Waals surface area (Å²) in [5.74, 6) is 0.981. The highest BCUT2D eigenvalue weighted by Gasteiger charge is 2.63. The minimum atomic E-state index is -1.45. The number of thiocarbonyl (C=S) groups is 1. The van der Waals surface area contributed by atoms with Gasteiger partial charge in [-0.15, -0.1) is 0 Å². The lowest BCUT2D eigenvalue weighted by Gasteiger charge is -2.33. The molecule has 2 saturated heterocycles. The Morgan fingerprint density at radius 2 is 2.00 bits per heavy atom. The van der Waals surface area contributed by atoms with Crippen LogP contribution in [0.3, 0.4) is 0 Å². The standard InChI is InChI=1S/C16H18FN2O3S2/c17-19(15(18-11-23)13-4-2-1-3-5-13)14(10-22-16(19)20)12-6-8-24(21)9-7-12/h1-5,12,14-15H,6-10H2/q+1/t12?,14-,15?,19-,24?/m0/s1. The second-order valence-corrected chi connectivity index (χ2v) is 7.90. The summed E-state index contributed by atoms with van der Waals surface area (Å²) < 4.78 is 31.2. The predicted molar refractivity (Wildman–Crippen MR) is 91.3 cm³/mol. The molecule has 1 aromatic carbocycles. The Morgan fingerprint density at radius 3 is 2.62 bits per heavy atom. The number of hydrogen-bond acceptors (Lipinski definition) is 5. The van der Waals surface area contributed by atoms with E-state index in [2.05, 4.69) is 22.4 Å². The summed E-state index contributed by atoms with van der Waals surface area (Å²) in [6.45, 7) is 0.00289. The van der Waals surface area contributed by atoms with Crippen LogP contribution in [0.25, 0.3) is 0 Å². The van der Waals surface area contributed by atoms with E-state index >= 15 is 4.48 Å². The van der Waals surface area contributed by atoms with Crippen LogP contribution in [0.2, 0.25) is 0 Å². The molecule has 0 radical (unpaired) electrons. The largest absolute Gasteiger partial charge is 0.558 e. The number of halogens is 1. The second-order valence-electron chi connectivity index (χ2n) is 6.02. The molecule has 3 atom stereocenters. The molecule has 0 N–H and O–H groups in total. The van der Waals surface area contributed by atoms with Crippen LogP contribution in [0.15, 0.2) is 35.3 Å². The van der Waals surface area contributed by atoms with E-state index in [4.69, 9.17) is 4.74 Å². The number of hydrogen-bond donors (Lipinski definition) is 0. The smallest absolute Gasteiger partial charge is 0.411 e. The van der Waals surface area contributed by atoms with Crippen molar-refractivity contribution in [2.75, 3.05) is 18.1 Å². The van der Waals surface area contributed by atoms with E-state index in [1.807, 2.05) is 0 Å². The summed E-state index contributed by atoms with van der Waals surface area (Å²) in [7, 11) is -0.852. The molecule has 1 amide bonds. The molecule has 3 rings (SSSR count). The first-order valence-corrected chi connectivity index (χ1v) is 9.69. The van der Waals surface area contributed by atoms with Crippen molar-refractivity contribution in [3.63, 3.8) is 0 Å². The lowest BCUT2D eigenvalue weighted by molar-refractivity contribution is -1.03. The van der Waals surface area contributed by atoms with E-state index < -0.39 is 33.8 Å². The average molecular weight is 369 g/mol. The summed E-state index contributed by atoms with van der Waals surface area (Å²) in [6.07, 6.45) is -0.855. The molecule has 8 heteroatoms. The lowest BCUT2D eigenvalue weighted by atomic mass is 9.92. The van der Waals surface area contributed by atoms with Gasteiger partial charge in [-0.2, -0.15) is 9.79 Å². The number of rotatable bonds is 4. The zero-order chi connectivity index (χ0) is 17.2. The number of carbonyl (C=O) groups is 1. The van der Waals surface area contributed by atoms with Gasteiger partial charge in [-0.25, -0.2) is 0 Å². The predicted octanol–water partition coefficient (Wildman–Crippen LogP) is 3.17. The van der Waals surface area contributed by atoms with Crippen molar-refractivity contribution in [2.45, 2.75) is 25.0 Å². The fraction of sp³-hybridized carbons (Fsp3) is 0.500. The zero-order valence-corrected chi connectivity index (χ0v) is 14.6. The Kier molecular flexibility index (Phi) is 5.20. The second kappa shape index (κ2) is 7.19. The molecule has 2 aliphatic heterocycles. The summed E-state index contributed by atoms with van der Waals surface area (Å²) >= 11 is 4.68. The summed E-state index contributed by atoms with van der Waals surface area (Å²) in [6, 6.07) is 8.06. The highest BCUT2D eigenvalue weighted by atomic mass is 32.2. The van der Waals surface area contributed by atoms with Crippen LogP contribution in [0.4, 0.5) is 9.28 Å². The number of cyclic esters (lactones) is 1. The van der Waals surface area contributed by atoms with Gasteiger partial charge in [0.1, 0.15) is 0 Å². The lowest BCUT2D eigenvalue weighted by Crippen LogP contribution is -2.53. The Labute approximate surface area is 147 Å². The third-order valence-electron chi connectivity index (χ3n) is 4.75. The van der Waals surface area contributed by atoms with Gasteiger partial charge in [0.2, 0.25) is 0 Å². The van der Waals surface area contributed by atoms with Gasteiger partial charge >= 0.3 is 6.09 Å². The number of nitrogens with zero attached hydrogens (tertiary/aromatic N) is 2. The van der Waals surface area contributed by atoms with Crippen LogP contribution < -0.4 is 0 Å². The summed E-state index contributed by atoms with van der Waals surface area (Å²) in [5, 5.41) is 2.22. The van der Waals surface area contributed by atoms with Crippen LogP contribution in [0.5, 0.6) is 0 Å². The molecule has 24 heavy (non-hydrogen) atoms. The third kappa shape index (κ3) is 3.07. The topological polar surface area (TPSA) is 55.7 Å². The Morgan fingerprint density at radius 1 is 1.33 bits per heavy atom. The van der Waals surface area contributed by atoms with Gasteiger partial charge < -0.3 is 4.74 Å². The molecule has 0 saturated carbocycles. The first-order chi connectivity index (χ1) is 11.6. The number of carbonyl (C=O) groups excluding carboxylic acids is 1. The van der Waals surface area contributed by atoms with Gasteiger partial charge in [0.25, 0.3) is 6.17 Å². The number of aliphatic imine (C=N–C) groups is 1. The summed E-state index contributed by atoms with van der Waals surface area (Å²) in [5.41, 5.74) is 0.542. The Balaban J connectivity index is 1.97. The van der Waals surface area contributed by atoms with Crippen molar-refractivity contribution in [2.24, 2.45) is 10.9 Å². The normalized spacial score (nSPS) is 34.2. The number of quaternary nitrogens is 1. The third-order valence-corrected chi connectivity index (χ3v) is 6.23. The van der Waals surface area contributed by atoms with E-state index in [1.54, 1.807) is 30.3 Å². The van der Waals surface area contributed by atoms with E-state index in [9.17, 15) is 9.00 Å². The molecule has 1 unspecified atom stereocenters. The fourth-order valence-electron chi connectivity index (χ4n) is 3.47. The average Bonchev–Trinajstić information content (AvgIpc) is 2.90. The van der Waals surface area contributed by atoms with Crippen LogP contribution in [0, 0.1) is 5.92 Å². The fourth-order valence-corrected chi connectivity index (χ4v) is 4.91. The van der Waals surface area contributed by atoms with Gasteiger partial charge in [-0.1, -0.05) is 30.3 Å². The van der Waals surface area contributed by atoms with Crippen molar-refractivity contribution < 1.29 is 22.9 Å². The van der Waals surface area contributed by atoms with Crippen molar-refractivity contribution in [3.05, 3.63) is 35.9 Å². The number of benzene rings is 1. The molecule has 128 valence electrons. The molecule has 0 aromatic heterocycles.